The number of rotatable bonds is 6. The molecular weight excluding hydrogens is 472 g/mol. The molecule has 2 aromatic carbocycles. The van der Waals surface area contributed by atoms with Crippen molar-refractivity contribution in [3.8, 4) is 11.5 Å². The van der Waals surface area contributed by atoms with Crippen LogP contribution in [0, 0.1) is 0 Å². The summed E-state index contributed by atoms with van der Waals surface area (Å²) in [4.78, 5) is 33.2. The monoisotopic (exact) mass is 488 g/mol. The molecule has 0 radical (unpaired) electrons. The van der Waals surface area contributed by atoms with E-state index in [-0.39, 0.29) is 11.8 Å². The smallest absolute Gasteiger partial charge is 0.256 e. The lowest BCUT2D eigenvalue weighted by Crippen LogP contribution is -2.15. The van der Waals surface area contributed by atoms with E-state index in [9.17, 15) is 9.59 Å². The number of carbonyl (C=O) groups excluding carboxylic acids is 2. The number of benzene rings is 2. The van der Waals surface area contributed by atoms with Gasteiger partial charge in [0.25, 0.3) is 11.8 Å². The van der Waals surface area contributed by atoms with E-state index < -0.39 is 0 Å². The molecule has 0 saturated heterocycles. The summed E-state index contributed by atoms with van der Waals surface area (Å²) in [7, 11) is 0. The van der Waals surface area contributed by atoms with Crippen molar-refractivity contribution >= 4 is 39.2 Å². The van der Waals surface area contributed by atoms with Gasteiger partial charge in [0.1, 0.15) is 17.3 Å². The van der Waals surface area contributed by atoms with Crippen molar-refractivity contribution in [2.45, 2.75) is 0 Å². The van der Waals surface area contributed by atoms with Crippen LogP contribution >= 0.6 is 15.9 Å². The maximum Gasteiger partial charge on any atom is 0.256 e. The Labute approximate surface area is 192 Å². The van der Waals surface area contributed by atoms with Gasteiger partial charge in [-0.2, -0.15) is 0 Å². The number of hydrogen-bond donors (Lipinski definition) is 2. The molecule has 0 bridgehead atoms. The molecule has 2 amide bonds. The normalized spacial score (nSPS) is 10.3. The van der Waals surface area contributed by atoms with Crippen molar-refractivity contribution in [3.05, 3.63) is 107 Å². The van der Waals surface area contributed by atoms with Crippen LogP contribution in [-0.4, -0.2) is 21.8 Å². The summed E-state index contributed by atoms with van der Waals surface area (Å²) >= 11 is 3.30. The summed E-state index contributed by atoms with van der Waals surface area (Å²) in [6, 6.07) is 20.5. The molecular formula is C24H17BrN4O3. The number of hydrogen-bond acceptors (Lipinski definition) is 5. The van der Waals surface area contributed by atoms with E-state index in [2.05, 4.69) is 36.5 Å². The first-order valence-corrected chi connectivity index (χ1v) is 10.4. The summed E-state index contributed by atoms with van der Waals surface area (Å²) in [5.41, 5.74) is 1.35. The summed E-state index contributed by atoms with van der Waals surface area (Å²) in [6.07, 6.45) is 4.87. The van der Waals surface area contributed by atoms with Gasteiger partial charge in [0.15, 0.2) is 0 Å². The third kappa shape index (κ3) is 5.55. The Bertz CT molecular complexity index is 1230. The topological polar surface area (TPSA) is 93.2 Å². The van der Waals surface area contributed by atoms with E-state index in [0.29, 0.717) is 34.1 Å². The van der Waals surface area contributed by atoms with Gasteiger partial charge < -0.3 is 15.4 Å². The quantitative estimate of drug-likeness (QED) is 0.371. The van der Waals surface area contributed by atoms with Crippen molar-refractivity contribution in [2.75, 3.05) is 10.6 Å². The van der Waals surface area contributed by atoms with E-state index in [1.807, 2.05) is 0 Å². The van der Waals surface area contributed by atoms with Gasteiger partial charge in [-0.3, -0.25) is 14.6 Å². The molecule has 32 heavy (non-hydrogen) atoms. The van der Waals surface area contributed by atoms with E-state index >= 15 is 0 Å². The zero-order valence-electron chi connectivity index (χ0n) is 16.7. The van der Waals surface area contributed by atoms with E-state index in [1.54, 1.807) is 91.4 Å². The molecule has 0 saturated carbocycles. The van der Waals surface area contributed by atoms with Crippen LogP contribution in [0.3, 0.4) is 0 Å². The molecule has 0 aliphatic heterocycles. The maximum atomic E-state index is 12.6. The molecule has 0 aliphatic rings. The van der Waals surface area contributed by atoms with Crippen molar-refractivity contribution in [1.29, 1.82) is 0 Å². The minimum absolute atomic E-state index is 0.301. The van der Waals surface area contributed by atoms with Gasteiger partial charge >= 0.3 is 0 Å². The van der Waals surface area contributed by atoms with Crippen LogP contribution in [0.2, 0.25) is 0 Å². The predicted octanol–water partition coefficient (Wildman–Crippen LogP) is 5.54. The fraction of sp³-hybridized carbons (Fsp3) is 0. The summed E-state index contributed by atoms with van der Waals surface area (Å²) < 4.78 is 6.50. The minimum Gasteiger partial charge on any atom is -0.456 e. The molecule has 2 heterocycles. The molecule has 8 heteroatoms. The molecule has 4 rings (SSSR count). The fourth-order valence-corrected chi connectivity index (χ4v) is 3.03. The Hall–Kier alpha value is -4.04. The standard InChI is InChI=1S/C24H17BrN4O3/c25-18-8-11-22(27-14-18)29-24(31)17-3-1-4-19(13-17)28-23(30)16-6-9-20(10-7-16)32-21-5-2-12-26-15-21/h1-15H,(H,28,30)(H,27,29,31). The Morgan fingerprint density at radius 2 is 1.59 bits per heavy atom. The Morgan fingerprint density at radius 3 is 2.31 bits per heavy atom. The Balaban J connectivity index is 1.40. The van der Waals surface area contributed by atoms with Crippen LogP contribution in [0.15, 0.2) is 95.9 Å². The molecule has 7 nitrogen and oxygen atoms in total. The number of amides is 2. The number of ether oxygens (including phenoxy) is 1. The molecule has 2 N–H and O–H groups in total. The first-order chi connectivity index (χ1) is 15.6. The molecule has 2 aromatic heterocycles. The second kappa shape index (κ2) is 9.84. The largest absolute Gasteiger partial charge is 0.456 e. The van der Waals surface area contributed by atoms with Gasteiger partial charge in [0, 0.05) is 33.7 Å². The lowest BCUT2D eigenvalue weighted by atomic mass is 10.1. The number of anilines is 2. The van der Waals surface area contributed by atoms with Crippen molar-refractivity contribution in [3.63, 3.8) is 0 Å². The highest BCUT2D eigenvalue weighted by atomic mass is 79.9. The summed E-state index contributed by atoms with van der Waals surface area (Å²) in [5.74, 6) is 1.01. The molecule has 0 atom stereocenters. The second-order valence-electron chi connectivity index (χ2n) is 6.67. The maximum absolute atomic E-state index is 12.6. The first-order valence-electron chi connectivity index (χ1n) is 9.59. The van der Waals surface area contributed by atoms with Crippen LogP contribution in [0.5, 0.6) is 11.5 Å². The van der Waals surface area contributed by atoms with Gasteiger partial charge in [-0.05, 0) is 82.7 Å². The lowest BCUT2D eigenvalue weighted by Gasteiger charge is -2.09. The number of carbonyl (C=O) groups is 2. The molecule has 0 unspecified atom stereocenters. The van der Waals surface area contributed by atoms with Gasteiger partial charge in [0.2, 0.25) is 0 Å². The van der Waals surface area contributed by atoms with Gasteiger partial charge in [0.05, 0.1) is 6.20 Å². The lowest BCUT2D eigenvalue weighted by molar-refractivity contribution is 0.101. The molecule has 4 aromatic rings. The summed E-state index contributed by atoms with van der Waals surface area (Å²) in [5, 5.41) is 5.52. The minimum atomic E-state index is -0.326. The second-order valence-corrected chi connectivity index (χ2v) is 7.58. The fourth-order valence-electron chi connectivity index (χ4n) is 2.80. The molecule has 0 fully saturated rings. The third-order valence-electron chi connectivity index (χ3n) is 4.34. The SMILES string of the molecule is O=C(Nc1cccc(C(=O)Nc2ccc(Br)cn2)c1)c1ccc(Oc2cccnc2)cc1. The highest BCUT2D eigenvalue weighted by Gasteiger charge is 2.11. The molecule has 158 valence electrons. The van der Waals surface area contributed by atoms with Gasteiger partial charge in [-0.15, -0.1) is 0 Å². The van der Waals surface area contributed by atoms with Crippen LogP contribution in [0.25, 0.3) is 0 Å². The van der Waals surface area contributed by atoms with Gasteiger partial charge in [-0.1, -0.05) is 6.07 Å². The summed E-state index contributed by atoms with van der Waals surface area (Å²) in [6.45, 7) is 0. The van der Waals surface area contributed by atoms with Crippen LogP contribution in [-0.2, 0) is 0 Å². The zero-order valence-corrected chi connectivity index (χ0v) is 18.2. The number of nitrogens with one attached hydrogen (secondary N) is 2. The van der Waals surface area contributed by atoms with E-state index in [4.69, 9.17) is 4.74 Å². The molecule has 0 spiro atoms. The third-order valence-corrected chi connectivity index (χ3v) is 4.81. The van der Waals surface area contributed by atoms with Crippen molar-refractivity contribution in [1.82, 2.24) is 9.97 Å². The van der Waals surface area contributed by atoms with Crippen LogP contribution in [0.4, 0.5) is 11.5 Å². The van der Waals surface area contributed by atoms with Crippen molar-refractivity contribution < 1.29 is 14.3 Å². The highest BCUT2D eigenvalue weighted by molar-refractivity contribution is 9.10. The average Bonchev–Trinajstić information content (AvgIpc) is 2.82. The van der Waals surface area contributed by atoms with Crippen LogP contribution < -0.4 is 15.4 Å². The first kappa shape index (κ1) is 21.2. The predicted molar refractivity (Wildman–Crippen MR) is 125 cm³/mol. The number of pyridine rings is 2. The average molecular weight is 489 g/mol. The van der Waals surface area contributed by atoms with E-state index in [0.717, 1.165) is 4.47 Å². The zero-order chi connectivity index (χ0) is 22.3. The Morgan fingerprint density at radius 1 is 0.781 bits per heavy atom. The van der Waals surface area contributed by atoms with Crippen molar-refractivity contribution in [2.24, 2.45) is 0 Å². The van der Waals surface area contributed by atoms with Gasteiger partial charge in [-0.25, -0.2) is 4.98 Å². The number of aromatic nitrogens is 2. The highest BCUT2D eigenvalue weighted by Crippen LogP contribution is 2.21. The van der Waals surface area contributed by atoms with Crippen LogP contribution in [0.1, 0.15) is 20.7 Å². The van der Waals surface area contributed by atoms with E-state index in [1.165, 1.54) is 0 Å². The number of halogens is 1. The molecule has 0 aliphatic carbocycles. The Kier molecular flexibility index (Phi) is 6.52. The number of nitrogens with zero attached hydrogens (tertiary/aromatic N) is 2.